The molecular weight excluding hydrogens is 363 g/mol. The summed E-state index contributed by atoms with van der Waals surface area (Å²) < 4.78 is 13.5. The molecule has 0 aromatic heterocycles. The molecule has 8 heteroatoms. The Morgan fingerprint density at radius 3 is 2.36 bits per heavy atom. The van der Waals surface area contributed by atoms with Crippen LogP contribution in [0.3, 0.4) is 0 Å². The number of hydrogen-bond acceptors (Lipinski definition) is 3. The van der Waals surface area contributed by atoms with E-state index in [0.29, 0.717) is 25.2 Å². The third-order valence-corrected chi connectivity index (χ3v) is 4.57. The lowest BCUT2D eigenvalue weighted by Gasteiger charge is -2.34. The number of hydrogen-bond donors (Lipinski definition) is 3. The molecule has 0 aliphatic carbocycles. The molecule has 1 fully saturated rings. The lowest BCUT2D eigenvalue weighted by molar-refractivity contribution is -0.136. The molecule has 1 aliphatic heterocycles. The van der Waals surface area contributed by atoms with E-state index in [-0.39, 0.29) is 23.2 Å². The van der Waals surface area contributed by atoms with Crippen LogP contribution in [0, 0.1) is 18.7 Å². The van der Waals surface area contributed by atoms with Gasteiger partial charge in [-0.1, -0.05) is 6.07 Å². The predicted octanol–water partition coefficient (Wildman–Crippen LogP) is 2.41. The summed E-state index contributed by atoms with van der Waals surface area (Å²) in [6, 6.07) is 4.17. The fourth-order valence-corrected chi connectivity index (χ4v) is 2.92. The number of urea groups is 1. The molecule has 1 aromatic rings. The van der Waals surface area contributed by atoms with Gasteiger partial charge in [-0.3, -0.25) is 9.59 Å². The zero-order valence-electron chi connectivity index (χ0n) is 16.9. The van der Waals surface area contributed by atoms with Crippen LogP contribution in [0.2, 0.25) is 0 Å². The van der Waals surface area contributed by atoms with Crippen molar-refractivity contribution in [2.24, 2.45) is 5.92 Å². The first-order valence-corrected chi connectivity index (χ1v) is 9.47. The molecule has 7 nitrogen and oxygen atoms in total. The van der Waals surface area contributed by atoms with E-state index in [1.165, 1.54) is 12.1 Å². The molecule has 1 aliphatic rings. The summed E-state index contributed by atoms with van der Waals surface area (Å²) >= 11 is 0. The molecule has 3 N–H and O–H groups in total. The third-order valence-electron chi connectivity index (χ3n) is 4.57. The van der Waals surface area contributed by atoms with Crippen LogP contribution in [0.15, 0.2) is 18.2 Å². The number of carbonyl (C=O) groups excluding carboxylic acids is 3. The van der Waals surface area contributed by atoms with Gasteiger partial charge < -0.3 is 20.9 Å². The van der Waals surface area contributed by atoms with E-state index in [0.717, 1.165) is 12.8 Å². The van der Waals surface area contributed by atoms with Crippen molar-refractivity contribution in [3.8, 4) is 0 Å². The van der Waals surface area contributed by atoms with Crippen molar-refractivity contribution in [1.29, 1.82) is 0 Å². The molecule has 1 heterocycles. The number of aryl methyl sites for hydroxylation is 1. The summed E-state index contributed by atoms with van der Waals surface area (Å²) in [6.45, 7) is 9.00. The lowest BCUT2D eigenvalue weighted by atomic mass is 9.97. The number of piperidine rings is 1. The molecule has 0 unspecified atom stereocenters. The normalized spacial score (nSPS) is 15.1. The number of nitrogens with one attached hydrogen (secondary N) is 3. The molecule has 0 spiro atoms. The Balaban J connectivity index is 1.74. The molecule has 1 saturated heterocycles. The van der Waals surface area contributed by atoms with Crippen LogP contribution in [0.1, 0.15) is 39.2 Å². The highest BCUT2D eigenvalue weighted by Gasteiger charge is 2.26. The first-order chi connectivity index (χ1) is 13.0. The van der Waals surface area contributed by atoms with Gasteiger partial charge in [-0.05, 0) is 64.2 Å². The van der Waals surface area contributed by atoms with Crippen LogP contribution in [-0.4, -0.2) is 47.9 Å². The van der Waals surface area contributed by atoms with Gasteiger partial charge in [-0.2, -0.15) is 0 Å². The molecule has 28 heavy (non-hydrogen) atoms. The number of nitrogens with zero attached hydrogens (tertiary/aromatic N) is 1. The minimum Gasteiger partial charge on any atom is -0.348 e. The number of benzene rings is 1. The van der Waals surface area contributed by atoms with Gasteiger partial charge >= 0.3 is 17.8 Å². The Labute approximate surface area is 165 Å². The van der Waals surface area contributed by atoms with Gasteiger partial charge in [0.1, 0.15) is 5.82 Å². The second-order valence-corrected chi connectivity index (χ2v) is 8.24. The number of halogens is 1. The van der Waals surface area contributed by atoms with E-state index in [4.69, 9.17) is 0 Å². The van der Waals surface area contributed by atoms with E-state index in [1.807, 2.05) is 20.8 Å². The zero-order chi connectivity index (χ0) is 20.9. The minimum atomic E-state index is -0.828. The molecule has 0 saturated carbocycles. The predicted molar refractivity (Wildman–Crippen MR) is 105 cm³/mol. The monoisotopic (exact) mass is 392 g/mol. The fraction of sp³-hybridized carbons (Fsp3) is 0.550. The van der Waals surface area contributed by atoms with Crippen molar-refractivity contribution in [3.05, 3.63) is 29.6 Å². The number of amides is 4. The summed E-state index contributed by atoms with van der Waals surface area (Å²) in [5, 5.41) is 7.94. The number of rotatable bonds is 3. The smallest absolute Gasteiger partial charge is 0.317 e. The molecule has 2 rings (SSSR count). The quantitative estimate of drug-likeness (QED) is 0.690. The van der Waals surface area contributed by atoms with Crippen LogP contribution < -0.4 is 16.0 Å². The van der Waals surface area contributed by atoms with Crippen molar-refractivity contribution < 1.29 is 18.8 Å². The minimum absolute atomic E-state index is 0.0836. The summed E-state index contributed by atoms with van der Waals surface area (Å²) in [7, 11) is 0. The average molecular weight is 392 g/mol. The molecule has 154 valence electrons. The first-order valence-electron chi connectivity index (χ1n) is 9.47. The van der Waals surface area contributed by atoms with Crippen LogP contribution in [0.4, 0.5) is 14.9 Å². The van der Waals surface area contributed by atoms with E-state index in [1.54, 1.807) is 17.9 Å². The SMILES string of the molecule is Cc1ccc(NC(=O)C(=O)NCC2CCN(C(=O)NC(C)(C)C)CC2)cc1F. The van der Waals surface area contributed by atoms with Crippen LogP contribution in [0.25, 0.3) is 0 Å². The molecule has 0 radical (unpaired) electrons. The summed E-state index contributed by atoms with van der Waals surface area (Å²) in [6.07, 6.45) is 1.51. The first kappa shape index (κ1) is 21.7. The highest BCUT2D eigenvalue weighted by molar-refractivity contribution is 6.39. The Morgan fingerprint density at radius 1 is 1.14 bits per heavy atom. The summed E-state index contributed by atoms with van der Waals surface area (Å²) in [5.74, 6) is -1.83. The Morgan fingerprint density at radius 2 is 1.79 bits per heavy atom. The van der Waals surface area contributed by atoms with E-state index in [9.17, 15) is 18.8 Å². The number of anilines is 1. The summed E-state index contributed by atoms with van der Waals surface area (Å²) in [4.78, 5) is 37.9. The summed E-state index contributed by atoms with van der Waals surface area (Å²) in [5.41, 5.74) is 0.418. The topological polar surface area (TPSA) is 90.5 Å². The maximum Gasteiger partial charge on any atom is 0.317 e. The van der Waals surface area contributed by atoms with Crippen LogP contribution in [0.5, 0.6) is 0 Å². The Bertz CT molecular complexity index is 737. The molecule has 4 amide bonds. The number of carbonyl (C=O) groups is 3. The van der Waals surface area contributed by atoms with Crippen molar-refractivity contribution >= 4 is 23.5 Å². The van der Waals surface area contributed by atoms with Crippen molar-refractivity contribution in [2.75, 3.05) is 25.0 Å². The fourth-order valence-electron chi connectivity index (χ4n) is 2.92. The van der Waals surface area contributed by atoms with Crippen molar-refractivity contribution in [3.63, 3.8) is 0 Å². The van der Waals surface area contributed by atoms with Crippen molar-refractivity contribution in [2.45, 2.75) is 46.1 Å². The van der Waals surface area contributed by atoms with Crippen LogP contribution in [-0.2, 0) is 9.59 Å². The van der Waals surface area contributed by atoms with Gasteiger partial charge in [0, 0.05) is 30.9 Å². The second-order valence-electron chi connectivity index (χ2n) is 8.24. The zero-order valence-corrected chi connectivity index (χ0v) is 16.9. The molecule has 1 aromatic carbocycles. The molecular formula is C20H29FN4O3. The Kier molecular flexibility index (Phi) is 6.99. The van der Waals surface area contributed by atoms with Crippen LogP contribution >= 0.6 is 0 Å². The van der Waals surface area contributed by atoms with E-state index < -0.39 is 17.6 Å². The maximum absolute atomic E-state index is 13.5. The second kappa shape index (κ2) is 9.03. The highest BCUT2D eigenvalue weighted by atomic mass is 19.1. The van der Waals surface area contributed by atoms with Gasteiger partial charge in [0.15, 0.2) is 0 Å². The molecule has 0 atom stereocenters. The maximum atomic E-state index is 13.5. The standard InChI is InChI=1S/C20H29FN4O3/c1-13-5-6-15(11-16(13)21)23-18(27)17(26)22-12-14-7-9-25(10-8-14)19(28)24-20(2,3)4/h5-6,11,14H,7-10,12H2,1-4H3,(H,22,26)(H,23,27)(H,24,28). The lowest BCUT2D eigenvalue weighted by Crippen LogP contribution is -2.51. The largest absolute Gasteiger partial charge is 0.348 e. The van der Waals surface area contributed by atoms with Gasteiger partial charge in [-0.25, -0.2) is 9.18 Å². The molecule has 0 bridgehead atoms. The van der Waals surface area contributed by atoms with E-state index >= 15 is 0 Å². The van der Waals surface area contributed by atoms with Gasteiger partial charge in [-0.15, -0.1) is 0 Å². The Hall–Kier alpha value is -2.64. The number of likely N-dealkylation sites (tertiary alicyclic amines) is 1. The van der Waals surface area contributed by atoms with Gasteiger partial charge in [0.05, 0.1) is 0 Å². The third kappa shape index (κ3) is 6.51. The average Bonchev–Trinajstić information content (AvgIpc) is 2.61. The van der Waals surface area contributed by atoms with E-state index in [2.05, 4.69) is 16.0 Å². The van der Waals surface area contributed by atoms with Gasteiger partial charge in [0.25, 0.3) is 0 Å². The highest BCUT2D eigenvalue weighted by Crippen LogP contribution is 2.17. The van der Waals surface area contributed by atoms with Gasteiger partial charge in [0.2, 0.25) is 0 Å². The van der Waals surface area contributed by atoms with Crippen molar-refractivity contribution in [1.82, 2.24) is 15.5 Å².